The number of hydrogen-bond acceptors (Lipinski definition) is 5. The van der Waals surface area contributed by atoms with Crippen molar-refractivity contribution >= 4 is 25.2 Å². The van der Waals surface area contributed by atoms with Gasteiger partial charge in [-0.25, -0.2) is 4.39 Å². The van der Waals surface area contributed by atoms with Crippen LogP contribution < -0.4 is 0 Å². The van der Waals surface area contributed by atoms with Crippen molar-refractivity contribution in [3.63, 3.8) is 0 Å². The lowest BCUT2D eigenvalue weighted by atomic mass is 10.1. The van der Waals surface area contributed by atoms with Crippen LogP contribution >= 0.6 is 0 Å². The van der Waals surface area contributed by atoms with Gasteiger partial charge in [0.1, 0.15) is 6.10 Å². The minimum absolute atomic E-state index is 0.0778. The van der Waals surface area contributed by atoms with Gasteiger partial charge in [0.25, 0.3) is 0 Å². The van der Waals surface area contributed by atoms with Crippen molar-refractivity contribution in [2.24, 2.45) is 0 Å². The Hall–Kier alpha value is -0.109. The molecule has 0 amide bonds. The zero-order chi connectivity index (χ0) is 27.2. The first-order valence-electron chi connectivity index (χ1n) is 10.7. The molecule has 0 saturated carbocycles. The molecule has 0 aliphatic rings. The Morgan fingerprint density at radius 1 is 0.794 bits per heavy atom. The predicted molar refractivity (Wildman–Crippen MR) is 118 cm³/mol. The summed E-state index contributed by atoms with van der Waals surface area (Å²) < 4.78 is 124. The van der Waals surface area contributed by atoms with E-state index in [9.17, 15) is 40.2 Å². The van der Waals surface area contributed by atoms with E-state index in [2.05, 4.69) is 4.74 Å². The van der Waals surface area contributed by atoms with E-state index in [1.54, 1.807) is 0 Å². The zero-order valence-electron chi connectivity index (χ0n) is 20.5. The van der Waals surface area contributed by atoms with E-state index in [-0.39, 0.29) is 6.61 Å². The topological polar surface area (TPSA) is 57.2 Å². The Balaban J connectivity index is 4.62. The molecule has 16 heteroatoms. The van der Waals surface area contributed by atoms with Crippen LogP contribution in [0, 0.1) is 0 Å². The number of hydrogen-bond donors (Lipinski definition) is 1. The third-order valence-electron chi connectivity index (χ3n) is 3.92. The standard InChI is InChI=1S/C18H36F8O5Si3/c1-32(2,3)30-34(7,31-33(4,5)6)10-8-9-28-12-14(27)13-29-18(25,26)17(23,24)15(19)11-16(20,21)22/h14-15,27H,8-13H2,1-7H3. The molecule has 0 fully saturated rings. The first-order chi connectivity index (χ1) is 14.9. The molecule has 0 aliphatic carbocycles. The van der Waals surface area contributed by atoms with Gasteiger partial charge >= 0.3 is 26.8 Å². The number of alkyl halides is 8. The number of aliphatic hydroxyl groups is 1. The monoisotopic (exact) mass is 568 g/mol. The highest BCUT2D eigenvalue weighted by Gasteiger charge is 2.65. The molecule has 0 rings (SSSR count). The maximum atomic E-state index is 13.5. The minimum atomic E-state index is -5.75. The van der Waals surface area contributed by atoms with Crippen molar-refractivity contribution in [2.75, 3.05) is 19.8 Å². The van der Waals surface area contributed by atoms with Gasteiger partial charge in [-0.05, 0) is 58.3 Å². The van der Waals surface area contributed by atoms with Crippen molar-refractivity contribution in [2.45, 2.75) is 95.2 Å². The lowest BCUT2D eigenvalue weighted by Gasteiger charge is -2.38. The van der Waals surface area contributed by atoms with Gasteiger partial charge in [0.15, 0.2) is 22.8 Å². The van der Waals surface area contributed by atoms with Crippen LogP contribution in [-0.2, 0) is 17.7 Å². The molecule has 34 heavy (non-hydrogen) atoms. The second kappa shape index (κ2) is 12.4. The Morgan fingerprint density at radius 3 is 1.68 bits per heavy atom. The minimum Gasteiger partial charge on any atom is -0.437 e. The summed E-state index contributed by atoms with van der Waals surface area (Å²) in [5.41, 5.74) is 0. The van der Waals surface area contributed by atoms with Gasteiger partial charge < -0.3 is 22.8 Å². The molecule has 2 atom stereocenters. The van der Waals surface area contributed by atoms with Crippen LogP contribution in [0.4, 0.5) is 35.1 Å². The second-order valence-electron chi connectivity index (χ2n) is 10.1. The summed E-state index contributed by atoms with van der Waals surface area (Å²) in [7, 11) is -6.34. The largest absolute Gasteiger partial charge is 0.437 e. The van der Waals surface area contributed by atoms with E-state index in [0.29, 0.717) is 12.5 Å². The molecule has 2 unspecified atom stereocenters. The third-order valence-corrected chi connectivity index (χ3v) is 13.5. The van der Waals surface area contributed by atoms with Crippen molar-refractivity contribution in [3.8, 4) is 0 Å². The van der Waals surface area contributed by atoms with Crippen molar-refractivity contribution < 1.29 is 57.9 Å². The van der Waals surface area contributed by atoms with Crippen molar-refractivity contribution in [3.05, 3.63) is 0 Å². The maximum absolute atomic E-state index is 13.5. The van der Waals surface area contributed by atoms with Crippen LogP contribution in [0.3, 0.4) is 0 Å². The van der Waals surface area contributed by atoms with E-state index in [0.717, 1.165) is 0 Å². The fourth-order valence-corrected chi connectivity index (χ4v) is 15.5. The highest BCUT2D eigenvalue weighted by molar-refractivity contribution is 6.87. The maximum Gasteiger partial charge on any atom is 0.422 e. The molecular formula is C18H36F8O5Si3. The summed E-state index contributed by atoms with van der Waals surface area (Å²) in [6, 6.07) is 0.565. The predicted octanol–water partition coefficient (Wildman–Crippen LogP) is 6.06. The molecule has 0 radical (unpaired) electrons. The third kappa shape index (κ3) is 13.8. The molecule has 206 valence electrons. The summed E-state index contributed by atoms with van der Waals surface area (Å²) in [4.78, 5) is 0. The summed E-state index contributed by atoms with van der Waals surface area (Å²) >= 11 is 0. The van der Waals surface area contributed by atoms with Crippen LogP contribution in [0.25, 0.3) is 0 Å². The van der Waals surface area contributed by atoms with E-state index in [4.69, 9.17) is 13.0 Å². The van der Waals surface area contributed by atoms with Crippen LogP contribution in [0.5, 0.6) is 0 Å². The van der Waals surface area contributed by atoms with Crippen LogP contribution in [0.1, 0.15) is 12.8 Å². The lowest BCUT2D eigenvalue weighted by molar-refractivity contribution is -0.370. The number of ether oxygens (including phenoxy) is 2. The van der Waals surface area contributed by atoms with E-state index >= 15 is 0 Å². The SMILES string of the molecule is C[Si](C)(C)O[Si](C)(CCCOCC(O)COC(F)(F)C(F)(F)C(F)CC(F)(F)F)O[Si](C)(C)C. The molecule has 0 aliphatic heterocycles. The highest BCUT2D eigenvalue weighted by Crippen LogP contribution is 2.43. The van der Waals surface area contributed by atoms with Gasteiger partial charge in [-0.1, -0.05) is 0 Å². The molecule has 5 nitrogen and oxygen atoms in total. The second-order valence-corrected chi connectivity index (χ2v) is 23.0. The highest BCUT2D eigenvalue weighted by atomic mass is 28.5. The Kier molecular flexibility index (Phi) is 12.4. The normalized spacial score (nSPS) is 16.6. The van der Waals surface area contributed by atoms with Gasteiger partial charge in [-0.3, -0.25) is 0 Å². The Bertz CT molecular complexity index is 596. The fourth-order valence-electron chi connectivity index (χ4n) is 2.99. The zero-order valence-corrected chi connectivity index (χ0v) is 23.5. The Morgan fingerprint density at radius 2 is 1.26 bits per heavy atom. The molecule has 0 saturated heterocycles. The molecule has 0 bridgehead atoms. The fraction of sp³-hybridized carbons (Fsp3) is 1.00. The molecule has 0 aromatic carbocycles. The van der Waals surface area contributed by atoms with Gasteiger partial charge in [0, 0.05) is 6.61 Å². The average molecular weight is 569 g/mol. The molecular weight excluding hydrogens is 532 g/mol. The lowest BCUT2D eigenvalue weighted by Crippen LogP contribution is -2.52. The average Bonchev–Trinajstić information content (AvgIpc) is 2.54. The summed E-state index contributed by atoms with van der Waals surface area (Å²) in [5, 5.41) is 9.64. The van der Waals surface area contributed by atoms with Gasteiger partial charge in [-0.15, -0.1) is 0 Å². The van der Waals surface area contributed by atoms with Crippen molar-refractivity contribution in [1.82, 2.24) is 0 Å². The summed E-state index contributed by atoms with van der Waals surface area (Å²) in [5.74, 6) is -5.75. The number of aliphatic hydroxyl groups excluding tert-OH is 1. The number of halogens is 8. The first kappa shape index (κ1) is 33.9. The van der Waals surface area contributed by atoms with Gasteiger partial charge in [0.2, 0.25) is 0 Å². The quantitative estimate of drug-likeness (QED) is 0.139. The summed E-state index contributed by atoms with van der Waals surface area (Å²) in [6.07, 6.45) is -19.3. The van der Waals surface area contributed by atoms with Gasteiger partial charge in [-0.2, -0.15) is 30.7 Å². The van der Waals surface area contributed by atoms with Crippen molar-refractivity contribution in [1.29, 1.82) is 0 Å². The van der Waals surface area contributed by atoms with E-state index in [1.165, 1.54) is 0 Å². The number of rotatable bonds is 16. The molecule has 0 aromatic heterocycles. The summed E-state index contributed by atoms with van der Waals surface area (Å²) in [6.45, 7) is 12.3. The first-order valence-corrected chi connectivity index (χ1v) is 20.0. The van der Waals surface area contributed by atoms with Crippen LogP contribution in [0.2, 0.25) is 51.9 Å². The smallest absolute Gasteiger partial charge is 0.422 e. The van der Waals surface area contributed by atoms with E-state index < -0.39 is 75.3 Å². The van der Waals surface area contributed by atoms with Gasteiger partial charge in [0.05, 0.1) is 19.6 Å². The van der Waals surface area contributed by atoms with Crippen LogP contribution in [0.15, 0.2) is 0 Å². The van der Waals surface area contributed by atoms with Crippen LogP contribution in [-0.4, -0.2) is 80.6 Å². The molecule has 0 aromatic rings. The Labute approximate surface area is 198 Å². The molecule has 1 N–H and O–H groups in total. The molecule has 0 spiro atoms. The van der Waals surface area contributed by atoms with E-state index in [1.807, 2.05) is 45.8 Å². The molecule has 0 heterocycles.